The fourth-order valence-electron chi connectivity index (χ4n) is 2.36. The van der Waals surface area contributed by atoms with Crippen molar-refractivity contribution in [3.8, 4) is 0 Å². The summed E-state index contributed by atoms with van der Waals surface area (Å²) in [7, 11) is 0. The molecule has 1 aliphatic rings. The molecule has 5 heteroatoms. The Morgan fingerprint density at radius 3 is 3.11 bits per heavy atom. The number of fused-ring (bicyclic) bond motifs is 1. The first-order chi connectivity index (χ1) is 9.08. The third-order valence-corrected chi connectivity index (χ3v) is 3.37. The Balaban J connectivity index is 1.89. The van der Waals surface area contributed by atoms with Gasteiger partial charge in [0.2, 0.25) is 0 Å². The minimum atomic E-state index is -0.429. The van der Waals surface area contributed by atoms with Crippen LogP contribution in [0.4, 0.5) is 9.18 Å². The number of aliphatic hydroxyl groups is 1. The molecule has 2 rings (SSSR count). The highest BCUT2D eigenvalue weighted by Gasteiger charge is 2.25. The fraction of sp³-hybridized carbons (Fsp3) is 0.500. The highest BCUT2D eigenvalue weighted by molar-refractivity contribution is 5.74. The summed E-state index contributed by atoms with van der Waals surface area (Å²) in [5.41, 5.74) is 1.57. The van der Waals surface area contributed by atoms with Crippen LogP contribution >= 0.6 is 0 Å². The molecule has 0 saturated carbocycles. The first-order valence-electron chi connectivity index (χ1n) is 6.57. The summed E-state index contributed by atoms with van der Waals surface area (Å²) >= 11 is 0. The Kier molecular flexibility index (Phi) is 4.37. The van der Waals surface area contributed by atoms with Crippen molar-refractivity contribution in [1.82, 2.24) is 10.6 Å². The van der Waals surface area contributed by atoms with Crippen molar-refractivity contribution in [3.05, 3.63) is 35.1 Å². The average molecular weight is 266 g/mol. The van der Waals surface area contributed by atoms with E-state index in [-0.39, 0.29) is 17.9 Å². The fourth-order valence-corrected chi connectivity index (χ4v) is 2.36. The summed E-state index contributed by atoms with van der Waals surface area (Å²) in [6, 6.07) is 4.57. The maximum atomic E-state index is 13.5. The second-order valence-electron chi connectivity index (χ2n) is 4.94. The van der Waals surface area contributed by atoms with Gasteiger partial charge in [0.05, 0.1) is 12.1 Å². The van der Waals surface area contributed by atoms with Crippen molar-refractivity contribution < 1.29 is 14.3 Å². The Morgan fingerprint density at radius 2 is 2.37 bits per heavy atom. The number of carbonyl (C=O) groups excluding carboxylic acids is 1. The molecule has 0 bridgehead atoms. The van der Waals surface area contributed by atoms with Crippen LogP contribution in [0.1, 0.15) is 36.9 Å². The number of amides is 2. The number of halogens is 1. The summed E-state index contributed by atoms with van der Waals surface area (Å²) in [5, 5.41) is 14.6. The van der Waals surface area contributed by atoms with Gasteiger partial charge in [0.15, 0.2) is 0 Å². The Morgan fingerprint density at radius 1 is 1.58 bits per heavy atom. The summed E-state index contributed by atoms with van der Waals surface area (Å²) in [6.45, 7) is 2.10. The second kappa shape index (κ2) is 6.02. The van der Waals surface area contributed by atoms with E-state index in [0.29, 0.717) is 24.9 Å². The van der Waals surface area contributed by atoms with Crippen LogP contribution in [0.15, 0.2) is 18.2 Å². The number of nitrogens with one attached hydrogen (secondary N) is 2. The number of carbonyl (C=O) groups is 1. The number of urea groups is 1. The first-order valence-corrected chi connectivity index (χ1v) is 6.57. The van der Waals surface area contributed by atoms with Crippen LogP contribution in [-0.2, 0) is 6.42 Å². The van der Waals surface area contributed by atoms with Crippen molar-refractivity contribution in [2.75, 3.05) is 6.54 Å². The van der Waals surface area contributed by atoms with Gasteiger partial charge >= 0.3 is 6.03 Å². The van der Waals surface area contributed by atoms with Crippen LogP contribution in [0.3, 0.4) is 0 Å². The van der Waals surface area contributed by atoms with Gasteiger partial charge in [-0.2, -0.15) is 0 Å². The predicted octanol–water partition coefficient (Wildman–Crippen LogP) is 1.88. The molecule has 104 valence electrons. The number of benzene rings is 1. The van der Waals surface area contributed by atoms with Crippen LogP contribution in [0, 0.1) is 5.82 Å². The van der Waals surface area contributed by atoms with Gasteiger partial charge in [-0.1, -0.05) is 12.1 Å². The third-order valence-electron chi connectivity index (χ3n) is 3.37. The summed E-state index contributed by atoms with van der Waals surface area (Å²) in [4.78, 5) is 11.7. The molecule has 0 aliphatic heterocycles. The normalized spacial score (nSPS) is 18.8. The first kappa shape index (κ1) is 13.8. The highest BCUT2D eigenvalue weighted by atomic mass is 19.1. The standard InChI is InChI=1S/C14H19FN2O2/c1-9(18)7-8-16-14(19)17-13-6-5-10-11(13)3-2-4-12(10)15/h2-4,9,13,18H,5-8H2,1H3,(H2,16,17,19). The lowest BCUT2D eigenvalue weighted by molar-refractivity contribution is 0.183. The third kappa shape index (κ3) is 3.44. The Labute approximate surface area is 112 Å². The van der Waals surface area contributed by atoms with Gasteiger partial charge in [-0.15, -0.1) is 0 Å². The van der Waals surface area contributed by atoms with Crippen molar-refractivity contribution in [2.45, 2.75) is 38.3 Å². The van der Waals surface area contributed by atoms with Crippen molar-refractivity contribution in [1.29, 1.82) is 0 Å². The molecule has 0 spiro atoms. The molecule has 0 aromatic heterocycles. The van der Waals surface area contributed by atoms with Gasteiger partial charge in [0, 0.05) is 6.54 Å². The average Bonchev–Trinajstić information content (AvgIpc) is 2.73. The molecule has 0 fully saturated rings. The molecule has 1 aliphatic carbocycles. The van der Waals surface area contributed by atoms with Crippen molar-refractivity contribution >= 4 is 6.03 Å². The predicted molar refractivity (Wildman–Crippen MR) is 70.3 cm³/mol. The molecule has 1 aromatic rings. The molecule has 3 N–H and O–H groups in total. The van der Waals surface area contributed by atoms with Gasteiger partial charge in [0.1, 0.15) is 5.82 Å². The summed E-state index contributed by atoms with van der Waals surface area (Å²) in [6.07, 6.45) is 1.46. The zero-order valence-corrected chi connectivity index (χ0v) is 10.9. The van der Waals surface area contributed by atoms with E-state index < -0.39 is 6.10 Å². The van der Waals surface area contributed by atoms with Crippen LogP contribution in [0.5, 0.6) is 0 Å². The largest absolute Gasteiger partial charge is 0.393 e. The quantitative estimate of drug-likeness (QED) is 0.779. The van der Waals surface area contributed by atoms with Crippen LogP contribution < -0.4 is 10.6 Å². The smallest absolute Gasteiger partial charge is 0.315 e. The van der Waals surface area contributed by atoms with Crippen LogP contribution in [0.2, 0.25) is 0 Å². The van der Waals surface area contributed by atoms with E-state index in [2.05, 4.69) is 10.6 Å². The lowest BCUT2D eigenvalue weighted by atomic mass is 10.1. The maximum absolute atomic E-state index is 13.5. The van der Waals surface area contributed by atoms with Crippen molar-refractivity contribution in [3.63, 3.8) is 0 Å². The van der Waals surface area contributed by atoms with Gasteiger partial charge in [0.25, 0.3) is 0 Å². The minimum Gasteiger partial charge on any atom is -0.393 e. The molecule has 0 saturated heterocycles. The van der Waals surface area contributed by atoms with E-state index in [1.165, 1.54) is 6.07 Å². The van der Waals surface area contributed by atoms with E-state index in [1.54, 1.807) is 13.0 Å². The molecule has 2 atom stereocenters. The van der Waals surface area contributed by atoms with E-state index in [0.717, 1.165) is 12.0 Å². The maximum Gasteiger partial charge on any atom is 0.315 e. The van der Waals surface area contributed by atoms with Gasteiger partial charge < -0.3 is 15.7 Å². The number of aliphatic hydroxyl groups excluding tert-OH is 1. The van der Waals surface area contributed by atoms with Gasteiger partial charge in [-0.3, -0.25) is 0 Å². The van der Waals surface area contributed by atoms with Gasteiger partial charge in [-0.05, 0) is 43.4 Å². The van der Waals surface area contributed by atoms with Crippen LogP contribution in [0.25, 0.3) is 0 Å². The summed E-state index contributed by atoms with van der Waals surface area (Å²) in [5.74, 6) is -0.198. The Bertz CT molecular complexity index is 463. The molecule has 2 unspecified atom stereocenters. The molecule has 2 amide bonds. The number of hydrogen-bond donors (Lipinski definition) is 3. The number of hydrogen-bond acceptors (Lipinski definition) is 2. The monoisotopic (exact) mass is 266 g/mol. The van der Waals surface area contributed by atoms with E-state index >= 15 is 0 Å². The molecule has 0 heterocycles. The van der Waals surface area contributed by atoms with E-state index in [1.807, 2.05) is 6.07 Å². The zero-order valence-electron chi connectivity index (χ0n) is 10.9. The zero-order chi connectivity index (χ0) is 13.8. The van der Waals surface area contributed by atoms with Gasteiger partial charge in [-0.25, -0.2) is 9.18 Å². The lowest BCUT2D eigenvalue weighted by Crippen LogP contribution is -2.38. The second-order valence-corrected chi connectivity index (χ2v) is 4.94. The molecular weight excluding hydrogens is 247 g/mol. The Hall–Kier alpha value is -1.62. The molecular formula is C14H19FN2O2. The highest BCUT2D eigenvalue weighted by Crippen LogP contribution is 2.32. The lowest BCUT2D eigenvalue weighted by Gasteiger charge is -2.15. The molecule has 19 heavy (non-hydrogen) atoms. The minimum absolute atomic E-state index is 0.128. The van der Waals surface area contributed by atoms with E-state index in [4.69, 9.17) is 5.11 Å². The van der Waals surface area contributed by atoms with Crippen LogP contribution in [-0.4, -0.2) is 23.8 Å². The SMILES string of the molecule is CC(O)CCNC(=O)NC1CCc2c(F)cccc21. The molecule has 4 nitrogen and oxygen atoms in total. The molecule has 0 radical (unpaired) electrons. The van der Waals surface area contributed by atoms with Crippen molar-refractivity contribution in [2.24, 2.45) is 0 Å². The number of rotatable bonds is 4. The van der Waals surface area contributed by atoms with E-state index in [9.17, 15) is 9.18 Å². The topological polar surface area (TPSA) is 61.4 Å². The summed E-state index contributed by atoms with van der Waals surface area (Å²) < 4.78 is 13.5. The molecule has 1 aromatic carbocycles.